The normalized spacial score (nSPS) is 20.1. The number of nitrogens with zero attached hydrogens (tertiary/aromatic N) is 1. The second-order valence-electron chi connectivity index (χ2n) is 6.95. The monoisotopic (exact) mass is 286 g/mol. The summed E-state index contributed by atoms with van der Waals surface area (Å²) in [5.74, 6) is 1.06. The van der Waals surface area contributed by atoms with E-state index < -0.39 is 0 Å². The smallest absolute Gasteiger partial charge is 0.134 e. The van der Waals surface area contributed by atoms with E-state index in [0.717, 1.165) is 24.4 Å². The first-order valence-corrected chi connectivity index (χ1v) is 8.01. The second kappa shape index (κ2) is 5.82. The van der Waals surface area contributed by atoms with Crippen LogP contribution >= 0.6 is 0 Å². The predicted molar refractivity (Wildman–Crippen MR) is 87.5 cm³/mol. The fraction of sp³-hybridized carbons (Fsp3) is 0.556. The quantitative estimate of drug-likeness (QED) is 0.906. The van der Waals surface area contributed by atoms with Crippen molar-refractivity contribution in [1.29, 1.82) is 0 Å². The van der Waals surface area contributed by atoms with Crippen LogP contribution in [0.2, 0.25) is 0 Å². The zero-order chi connectivity index (χ0) is 14.9. The Hall–Kier alpha value is -1.32. The molecule has 0 radical (unpaired) electrons. The van der Waals surface area contributed by atoms with E-state index in [1.54, 1.807) is 0 Å². The van der Waals surface area contributed by atoms with E-state index in [1.165, 1.54) is 24.9 Å². The molecule has 1 aromatic carbocycles. The average Bonchev–Trinajstić information content (AvgIpc) is 3.01. The van der Waals surface area contributed by atoms with E-state index in [0.29, 0.717) is 5.41 Å². The van der Waals surface area contributed by atoms with Crippen LogP contribution in [0, 0.1) is 5.41 Å². The zero-order valence-corrected chi connectivity index (χ0v) is 13.4. The summed E-state index contributed by atoms with van der Waals surface area (Å²) in [6, 6.07) is 10.7. The summed E-state index contributed by atoms with van der Waals surface area (Å²) in [4.78, 5) is 2.56. The molecule has 21 heavy (non-hydrogen) atoms. The van der Waals surface area contributed by atoms with Crippen molar-refractivity contribution in [1.82, 2.24) is 10.2 Å². The molecule has 114 valence electrons. The van der Waals surface area contributed by atoms with Crippen LogP contribution in [0.1, 0.15) is 39.0 Å². The second-order valence-corrected chi connectivity index (χ2v) is 6.95. The van der Waals surface area contributed by atoms with Crippen LogP contribution in [0.5, 0.6) is 0 Å². The third-order valence-corrected chi connectivity index (χ3v) is 4.44. The highest BCUT2D eigenvalue weighted by atomic mass is 16.3. The predicted octanol–water partition coefficient (Wildman–Crippen LogP) is 3.82. The minimum absolute atomic E-state index is 0.274. The summed E-state index contributed by atoms with van der Waals surface area (Å²) in [5.41, 5.74) is 1.43. The number of benzene rings is 1. The van der Waals surface area contributed by atoms with Crippen molar-refractivity contribution in [2.75, 3.05) is 26.2 Å². The zero-order valence-electron chi connectivity index (χ0n) is 13.4. The fourth-order valence-corrected chi connectivity index (χ4v) is 3.31. The molecular formula is C18H26N2O. The lowest BCUT2D eigenvalue weighted by molar-refractivity contribution is 0.249. The molecule has 0 saturated carbocycles. The molecule has 1 N–H and O–H groups in total. The Morgan fingerprint density at radius 2 is 2.14 bits per heavy atom. The van der Waals surface area contributed by atoms with Gasteiger partial charge < -0.3 is 14.6 Å². The van der Waals surface area contributed by atoms with E-state index in [2.05, 4.69) is 49.2 Å². The minimum atomic E-state index is 0.274. The van der Waals surface area contributed by atoms with Gasteiger partial charge in [-0.05, 0) is 37.1 Å². The number of para-hydroxylation sites is 1. The number of furan rings is 1. The summed E-state index contributed by atoms with van der Waals surface area (Å²) in [6.45, 7) is 11.2. The molecule has 1 aliphatic rings. The third kappa shape index (κ3) is 3.30. The van der Waals surface area contributed by atoms with E-state index in [4.69, 9.17) is 4.42 Å². The molecule has 1 aliphatic heterocycles. The first-order valence-electron chi connectivity index (χ1n) is 8.01. The van der Waals surface area contributed by atoms with Gasteiger partial charge in [0.25, 0.3) is 0 Å². The van der Waals surface area contributed by atoms with Gasteiger partial charge in [0.1, 0.15) is 11.3 Å². The highest BCUT2D eigenvalue weighted by molar-refractivity contribution is 5.77. The largest absolute Gasteiger partial charge is 0.459 e. The lowest BCUT2D eigenvalue weighted by Gasteiger charge is -2.24. The number of hydrogen-bond acceptors (Lipinski definition) is 3. The van der Waals surface area contributed by atoms with Crippen molar-refractivity contribution in [3.8, 4) is 0 Å². The number of nitrogens with one attached hydrogen (secondary N) is 1. The maximum Gasteiger partial charge on any atom is 0.134 e. The van der Waals surface area contributed by atoms with E-state index >= 15 is 0 Å². The Bertz CT molecular complexity index is 569. The summed E-state index contributed by atoms with van der Waals surface area (Å²) in [5, 5.41) is 4.77. The molecule has 0 bridgehead atoms. The Morgan fingerprint density at radius 1 is 1.33 bits per heavy atom. The lowest BCUT2D eigenvalue weighted by Crippen LogP contribution is -2.34. The van der Waals surface area contributed by atoms with Crippen LogP contribution < -0.4 is 5.32 Å². The number of fused-ring (bicyclic) bond motifs is 1. The van der Waals surface area contributed by atoms with Gasteiger partial charge in [0.2, 0.25) is 0 Å². The topological polar surface area (TPSA) is 28.4 Å². The van der Waals surface area contributed by atoms with Gasteiger partial charge in [0.15, 0.2) is 0 Å². The SMILES string of the molecule is CCNC(CN1CCC(C)(C)C1)c1cc2ccccc2o1. The maximum atomic E-state index is 6.06. The lowest BCUT2D eigenvalue weighted by atomic mass is 9.93. The van der Waals surface area contributed by atoms with Gasteiger partial charge in [-0.3, -0.25) is 0 Å². The van der Waals surface area contributed by atoms with Crippen LogP contribution in [0.25, 0.3) is 11.0 Å². The van der Waals surface area contributed by atoms with Crippen molar-refractivity contribution in [3.05, 3.63) is 36.1 Å². The number of hydrogen-bond donors (Lipinski definition) is 1. The number of rotatable bonds is 5. The molecule has 1 saturated heterocycles. The molecule has 1 unspecified atom stereocenters. The molecule has 1 fully saturated rings. The summed E-state index contributed by atoms with van der Waals surface area (Å²) in [7, 11) is 0. The molecule has 1 atom stereocenters. The van der Waals surface area contributed by atoms with Gasteiger partial charge in [-0.2, -0.15) is 0 Å². The maximum absolute atomic E-state index is 6.06. The molecular weight excluding hydrogens is 260 g/mol. The highest BCUT2D eigenvalue weighted by Gasteiger charge is 2.31. The fourth-order valence-electron chi connectivity index (χ4n) is 3.31. The first kappa shape index (κ1) is 14.6. The van der Waals surface area contributed by atoms with Crippen molar-refractivity contribution in [2.24, 2.45) is 5.41 Å². The highest BCUT2D eigenvalue weighted by Crippen LogP contribution is 2.31. The summed E-state index contributed by atoms with van der Waals surface area (Å²) < 4.78 is 6.06. The average molecular weight is 286 g/mol. The number of likely N-dealkylation sites (N-methyl/N-ethyl adjacent to an activating group) is 1. The van der Waals surface area contributed by atoms with Crippen molar-refractivity contribution in [2.45, 2.75) is 33.2 Å². The summed E-state index contributed by atoms with van der Waals surface area (Å²) >= 11 is 0. The van der Waals surface area contributed by atoms with Gasteiger partial charge in [0, 0.05) is 18.5 Å². The van der Waals surface area contributed by atoms with Gasteiger partial charge >= 0.3 is 0 Å². The molecule has 3 heteroatoms. The van der Waals surface area contributed by atoms with Gasteiger partial charge in [-0.25, -0.2) is 0 Å². The third-order valence-electron chi connectivity index (χ3n) is 4.44. The molecule has 0 spiro atoms. The van der Waals surface area contributed by atoms with Crippen LogP contribution in [0.4, 0.5) is 0 Å². The Kier molecular flexibility index (Phi) is 4.05. The van der Waals surface area contributed by atoms with Crippen LogP contribution in [-0.2, 0) is 0 Å². The molecule has 3 rings (SSSR count). The van der Waals surface area contributed by atoms with Crippen molar-refractivity contribution < 1.29 is 4.42 Å². The van der Waals surface area contributed by atoms with E-state index in [-0.39, 0.29) is 6.04 Å². The standard InChI is InChI=1S/C18H26N2O/c1-4-19-15(12-20-10-9-18(2,3)13-20)17-11-14-7-5-6-8-16(14)21-17/h5-8,11,15,19H,4,9-10,12-13H2,1-3H3. The van der Waals surface area contributed by atoms with Gasteiger partial charge in [-0.1, -0.05) is 39.0 Å². The van der Waals surface area contributed by atoms with Crippen molar-refractivity contribution in [3.63, 3.8) is 0 Å². The van der Waals surface area contributed by atoms with Gasteiger partial charge in [0.05, 0.1) is 6.04 Å². The van der Waals surface area contributed by atoms with Gasteiger partial charge in [-0.15, -0.1) is 0 Å². The van der Waals surface area contributed by atoms with Crippen LogP contribution in [0.15, 0.2) is 34.7 Å². The molecule has 0 amide bonds. The molecule has 2 aromatic rings. The van der Waals surface area contributed by atoms with E-state index in [1.807, 2.05) is 12.1 Å². The number of likely N-dealkylation sites (tertiary alicyclic amines) is 1. The van der Waals surface area contributed by atoms with E-state index in [9.17, 15) is 0 Å². The Balaban J connectivity index is 1.77. The molecule has 1 aromatic heterocycles. The first-order chi connectivity index (χ1) is 10.1. The van der Waals surface area contributed by atoms with Crippen molar-refractivity contribution >= 4 is 11.0 Å². The molecule has 3 nitrogen and oxygen atoms in total. The van der Waals surface area contributed by atoms with Crippen LogP contribution in [-0.4, -0.2) is 31.1 Å². The Labute approximate surface area is 127 Å². The minimum Gasteiger partial charge on any atom is -0.459 e. The Morgan fingerprint density at radius 3 is 2.81 bits per heavy atom. The van der Waals surface area contributed by atoms with Crippen LogP contribution in [0.3, 0.4) is 0 Å². The summed E-state index contributed by atoms with van der Waals surface area (Å²) in [6.07, 6.45) is 1.28. The molecule has 2 heterocycles. The molecule has 0 aliphatic carbocycles.